The average molecular weight is 206 g/mol. The monoisotopic (exact) mass is 206 g/mol. The predicted molar refractivity (Wildman–Crippen MR) is 57.8 cm³/mol. The summed E-state index contributed by atoms with van der Waals surface area (Å²) in [6, 6.07) is 7.77. The average Bonchev–Trinajstić information content (AvgIpc) is 2.60. The fourth-order valence-corrected chi connectivity index (χ4v) is 1.65. The summed E-state index contributed by atoms with van der Waals surface area (Å²) in [5, 5.41) is 0. The van der Waals surface area contributed by atoms with Gasteiger partial charge in [0.15, 0.2) is 0 Å². The molecule has 1 heterocycles. The number of amides is 1. The molecule has 80 valence electrons. The fourth-order valence-electron chi connectivity index (χ4n) is 1.65. The van der Waals surface area contributed by atoms with Crippen molar-refractivity contribution in [1.29, 1.82) is 0 Å². The van der Waals surface area contributed by atoms with E-state index in [-0.39, 0.29) is 12.2 Å². The van der Waals surface area contributed by atoms with Gasteiger partial charge in [0.1, 0.15) is 6.10 Å². The lowest BCUT2D eigenvalue weighted by atomic mass is 10.2. The highest BCUT2D eigenvalue weighted by Crippen LogP contribution is 2.21. The number of ether oxygens (including phenoxy) is 1. The van der Waals surface area contributed by atoms with Crippen LogP contribution in [0.3, 0.4) is 0 Å². The number of carbonyl (C=O) groups is 1. The second-order valence-corrected chi connectivity index (χ2v) is 3.69. The first-order chi connectivity index (χ1) is 7.20. The molecule has 0 radical (unpaired) electrons. The van der Waals surface area contributed by atoms with Crippen molar-refractivity contribution in [3.8, 4) is 0 Å². The molecule has 4 heteroatoms. The lowest BCUT2D eigenvalue weighted by Gasteiger charge is -2.13. The molecule has 2 rings (SSSR count). The highest BCUT2D eigenvalue weighted by Gasteiger charge is 2.31. The van der Waals surface area contributed by atoms with Crippen LogP contribution in [0, 0.1) is 6.92 Å². The Morgan fingerprint density at radius 2 is 2.40 bits per heavy atom. The summed E-state index contributed by atoms with van der Waals surface area (Å²) in [7, 11) is 0. The van der Waals surface area contributed by atoms with Gasteiger partial charge in [-0.15, -0.1) is 0 Å². The third-order valence-corrected chi connectivity index (χ3v) is 2.45. The van der Waals surface area contributed by atoms with E-state index in [0.29, 0.717) is 13.1 Å². The molecule has 1 fully saturated rings. The first-order valence-corrected chi connectivity index (χ1v) is 4.95. The van der Waals surface area contributed by atoms with Crippen LogP contribution in [0.4, 0.5) is 10.5 Å². The van der Waals surface area contributed by atoms with Crippen LogP contribution in [0.1, 0.15) is 5.56 Å². The summed E-state index contributed by atoms with van der Waals surface area (Å²) in [6.07, 6.45) is -0.492. The minimum absolute atomic E-state index is 0.182. The molecule has 1 aliphatic rings. The molecule has 1 atom stereocenters. The van der Waals surface area contributed by atoms with Gasteiger partial charge in [0.25, 0.3) is 0 Å². The Morgan fingerprint density at radius 3 is 3.00 bits per heavy atom. The van der Waals surface area contributed by atoms with Crippen molar-refractivity contribution in [2.24, 2.45) is 5.73 Å². The van der Waals surface area contributed by atoms with Crippen molar-refractivity contribution in [1.82, 2.24) is 0 Å². The van der Waals surface area contributed by atoms with E-state index in [1.165, 1.54) is 0 Å². The first-order valence-electron chi connectivity index (χ1n) is 4.95. The molecular weight excluding hydrogens is 192 g/mol. The lowest BCUT2D eigenvalue weighted by molar-refractivity contribution is 0.145. The largest absolute Gasteiger partial charge is 0.443 e. The van der Waals surface area contributed by atoms with Gasteiger partial charge in [0.2, 0.25) is 0 Å². The van der Waals surface area contributed by atoms with Gasteiger partial charge in [0.05, 0.1) is 6.54 Å². The number of nitrogens with zero attached hydrogens (tertiary/aromatic N) is 1. The molecule has 0 bridgehead atoms. The van der Waals surface area contributed by atoms with E-state index in [0.717, 1.165) is 11.3 Å². The quantitative estimate of drug-likeness (QED) is 0.793. The predicted octanol–water partition coefficient (Wildman–Crippen LogP) is 1.28. The van der Waals surface area contributed by atoms with E-state index < -0.39 is 0 Å². The van der Waals surface area contributed by atoms with Gasteiger partial charge in [-0.05, 0) is 24.6 Å². The summed E-state index contributed by atoms with van der Waals surface area (Å²) in [4.78, 5) is 13.1. The third kappa shape index (κ3) is 1.94. The molecule has 2 N–H and O–H groups in total. The van der Waals surface area contributed by atoms with Crippen molar-refractivity contribution in [3.63, 3.8) is 0 Å². The molecule has 0 unspecified atom stereocenters. The molecule has 0 spiro atoms. The van der Waals surface area contributed by atoms with Crippen LogP contribution in [-0.2, 0) is 4.74 Å². The Labute approximate surface area is 88.6 Å². The number of nitrogens with two attached hydrogens (primary N) is 1. The Hall–Kier alpha value is -1.55. The van der Waals surface area contributed by atoms with Crippen molar-refractivity contribution in [2.45, 2.75) is 13.0 Å². The molecule has 1 amide bonds. The highest BCUT2D eigenvalue weighted by molar-refractivity contribution is 5.89. The number of carbonyl (C=O) groups excluding carboxylic acids is 1. The standard InChI is InChI=1S/C11H14N2O2/c1-8-3-2-4-9(5-8)13-7-10(6-12)15-11(13)14/h2-5,10H,6-7,12H2,1H3/t10-/m0/s1. The summed E-state index contributed by atoms with van der Waals surface area (Å²) in [5.41, 5.74) is 7.46. The second kappa shape index (κ2) is 3.90. The third-order valence-electron chi connectivity index (χ3n) is 2.45. The van der Waals surface area contributed by atoms with Crippen LogP contribution >= 0.6 is 0 Å². The number of anilines is 1. The normalized spacial score (nSPS) is 20.5. The summed E-state index contributed by atoms with van der Waals surface area (Å²) in [6.45, 7) is 2.90. The van der Waals surface area contributed by atoms with Crippen LogP contribution in [0.25, 0.3) is 0 Å². The number of cyclic esters (lactones) is 1. The lowest BCUT2D eigenvalue weighted by Crippen LogP contribution is -2.27. The van der Waals surface area contributed by atoms with Gasteiger partial charge in [-0.25, -0.2) is 4.79 Å². The zero-order valence-electron chi connectivity index (χ0n) is 8.64. The number of aryl methyl sites for hydroxylation is 1. The van der Waals surface area contributed by atoms with E-state index >= 15 is 0 Å². The number of hydrogen-bond acceptors (Lipinski definition) is 3. The van der Waals surface area contributed by atoms with E-state index in [2.05, 4.69) is 0 Å². The second-order valence-electron chi connectivity index (χ2n) is 3.69. The number of benzene rings is 1. The summed E-state index contributed by atoms with van der Waals surface area (Å²) >= 11 is 0. The van der Waals surface area contributed by atoms with Crippen LogP contribution in [0.5, 0.6) is 0 Å². The van der Waals surface area contributed by atoms with Crippen molar-refractivity contribution >= 4 is 11.8 Å². The molecule has 1 aliphatic heterocycles. The Morgan fingerprint density at radius 1 is 1.60 bits per heavy atom. The number of hydrogen-bond donors (Lipinski definition) is 1. The Balaban J connectivity index is 2.21. The van der Waals surface area contributed by atoms with Gasteiger partial charge in [-0.3, -0.25) is 4.90 Å². The van der Waals surface area contributed by atoms with E-state index in [1.807, 2.05) is 31.2 Å². The van der Waals surface area contributed by atoms with Crippen molar-refractivity contribution in [2.75, 3.05) is 18.0 Å². The number of rotatable bonds is 2. The maximum Gasteiger partial charge on any atom is 0.414 e. The van der Waals surface area contributed by atoms with Gasteiger partial charge >= 0.3 is 6.09 Å². The zero-order valence-corrected chi connectivity index (χ0v) is 8.64. The smallest absolute Gasteiger partial charge is 0.414 e. The topological polar surface area (TPSA) is 55.6 Å². The molecule has 0 saturated carbocycles. The molecule has 0 aliphatic carbocycles. The van der Waals surface area contributed by atoms with Gasteiger partial charge in [-0.2, -0.15) is 0 Å². The van der Waals surface area contributed by atoms with E-state index in [9.17, 15) is 4.79 Å². The van der Waals surface area contributed by atoms with Crippen LogP contribution < -0.4 is 10.6 Å². The minimum Gasteiger partial charge on any atom is -0.443 e. The minimum atomic E-state index is -0.309. The molecule has 0 aromatic heterocycles. The molecular formula is C11H14N2O2. The van der Waals surface area contributed by atoms with E-state index in [4.69, 9.17) is 10.5 Å². The SMILES string of the molecule is Cc1cccc(N2C[C@H](CN)OC2=O)c1. The van der Waals surface area contributed by atoms with Crippen LogP contribution in [-0.4, -0.2) is 25.3 Å². The van der Waals surface area contributed by atoms with Gasteiger partial charge < -0.3 is 10.5 Å². The molecule has 1 saturated heterocycles. The molecule has 1 aromatic rings. The highest BCUT2D eigenvalue weighted by atomic mass is 16.6. The van der Waals surface area contributed by atoms with Gasteiger partial charge in [-0.1, -0.05) is 12.1 Å². The van der Waals surface area contributed by atoms with Crippen LogP contribution in [0.15, 0.2) is 24.3 Å². The first kappa shape index (κ1) is 9.98. The maximum atomic E-state index is 11.5. The van der Waals surface area contributed by atoms with Crippen molar-refractivity contribution in [3.05, 3.63) is 29.8 Å². The fraction of sp³-hybridized carbons (Fsp3) is 0.364. The van der Waals surface area contributed by atoms with Crippen LogP contribution in [0.2, 0.25) is 0 Å². The molecule has 4 nitrogen and oxygen atoms in total. The Bertz CT molecular complexity index is 379. The zero-order chi connectivity index (χ0) is 10.8. The molecule has 1 aromatic carbocycles. The summed E-state index contributed by atoms with van der Waals surface area (Å²) in [5.74, 6) is 0. The van der Waals surface area contributed by atoms with E-state index in [1.54, 1.807) is 4.90 Å². The maximum absolute atomic E-state index is 11.5. The molecule has 15 heavy (non-hydrogen) atoms. The van der Waals surface area contributed by atoms with Gasteiger partial charge in [0, 0.05) is 12.2 Å². The van der Waals surface area contributed by atoms with Crippen molar-refractivity contribution < 1.29 is 9.53 Å². The summed E-state index contributed by atoms with van der Waals surface area (Å²) < 4.78 is 5.08. The Kier molecular flexibility index (Phi) is 2.60.